The van der Waals surface area contributed by atoms with Crippen molar-refractivity contribution in [1.29, 1.82) is 0 Å². The lowest BCUT2D eigenvalue weighted by molar-refractivity contribution is 1.18. The zero-order valence-electron chi connectivity index (χ0n) is 34.1. The molecule has 0 bridgehead atoms. The van der Waals surface area contributed by atoms with E-state index in [1.165, 1.54) is 49.7 Å². The number of hydrogen-bond donors (Lipinski definition) is 0. The molecule has 0 saturated carbocycles. The van der Waals surface area contributed by atoms with Crippen molar-refractivity contribution in [3.05, 3.63) is 255 Å². The molecular weight excluding hydrogens is 749 g/mol. The molecule has 0 radical (unpaired) electrons. The minimum Gasteiger partial charge on any atom is -0.309 e. The predicted molar refractivity (Wildman–Crippen MR) is 263 cm³/mol. The first-order valence-electron chi connectivity index (χ1n) is 21.3. The van der Waals surface area contributed by atoms with E-state index in [-0.39, 0.29) is 0 Å². The van der Waals surface area contributed by atoms with Crippen LogP contribution >= 0.6 is 0 Å². The maximum absolute atomic E-state index is 2.49. The Morgan fingerprint density at radius 3 is 1.34 bits per heavy atom. The van der Waals surface area contributed by atoms with Crippen LogP contribution in [0.1, 0.15) is 0 Å². The molecule has 62 heavy (non-hydrogen) atoms. The molecule has 292 valence electrons. The summed E-state index contributed by atoms with van der Waals surface area (Å²) in [6, 6.07) is 92.2. The van der Waals surface area contributed by atoms with Gasteiger partial charge < -0.3 is 9.47 Å². The van der Waals surface area contributed by atoms with Crippen LogP contribution in [0.2, 0.25) is 0 Å². The van der Waals surface area contributed by atoms with Crippen LogP contribution in [0, 0.1) is 0 Å². The van der Waals surface area contributed by atoms with Gasteiger partial charge in [0.05, 0.1) is 22.4 Å². The summed E-state index contributed by atoms with van der Waals surface area (Å²) in [5, 5.41) is 2.40. The van der Waals surface area contributed by atoms with Gasteiger partial charge in [0.15, 0.2) is 0 Å². The second-order valence-electron chi connectivity index (χ2n) is 15.7. The summed E-state index contributed by atoms with van der Waals surface area (Å²) in [6.45, 7) is 0. The predicted octanol–water partition coefficient (Wildman–Crippen LogP) is 16.6. The largest absolute Gasteiger partial charge is 0.309 e. The number of rotatable bonds is 9. The highest BCUT2D eigenvalue weighted by Crippen LogP contribution is 2.48. The third-order valence-corrected chi connectivity index (χ3v) is 12.0. The average Bonchev–Trinajstić information content (AvgIpc) is 3.70. The van der Waals surface area contributed by atoms with E-state index in [2.05, 4.69) is 264 Å². The number of anilines is 3. The van der Waals surface area contributed by atoms with Crippen LogP contribution in [0.3, 0.4) is 0 Å². The van der Waals surface area contributed by atoms with Crippen LogP contribution < -0.4 is 4.90 Å². The monoisotopic (exact) mass is 790 g/mol. The summed E-state index contributed by atoms with van der Waals surface area (Å²) in [6.07, 6.45) is 0. The Kier molecular flexibility index (Phi) is 9.57. The molecular formula is C60H42N2. The zero-order chi connectivity index (χ0) is 41.2. The molecule has 1 aromatic heterocycles. The van der Waals surface area contributed by atoms with Gasteiger partial charge in [-0.15, -0.1) is 0 Å². The van der Waals surface area contributed by atoms with Crippen LogP contribution in [-0.4, -0.2) is 4.57 Å². The molecule has 10 aromatic carbocycles. The standard InChI is InChI=1S/C60H42N2/c1-5-21-43(22-6-1)50-31-13-15-33-52(50)46-27-19-30-49(41-46)62(59-38-20-37-58-60(59)54-35-17-18-36-56(54)61(58)48-28-11-4-12-29-48)57-40-39-47(42-55(57)45-25-9-3-10-26-45)53-34-16-14-32-51(53)44-23-7-2-8-24-44/h1-42H. The van der Waals surface area contributed by atoms with E-state index >= 15 is 0 Å². The Morgan fingerprint density at radius 2 is 0.726 bits per heavy atom. The van der Waals surface area contributed by atoms with E-state index in [1.54, 1.807) is 0 Å². The minimum absolute atomic E-state index is 1.07. The molecule has 0 N–H and O–H groups in total. The van der Waals surface area contributed by atoms with Crippen molar-refractivity contribution >= 4 is 38.9 Å². The topological polar surface area (TPSA) is 8.17 Å². The van der Waals surface area contributed by atoms with Gasteiger partial charge in [0.1, 0.15) is 0 Å². The Hall–Kier alpha value is -8.20. The van der Waals surface area contributed by atoms with Crippen LogP contribution in [0.25, 0.3) is 83.1 Å². The normalized spacial score (nSPS) is 11.2. The van der Waals surface area contributed by atoms with Gasteiger partial charge in [-0.3, -0.25) is 0 Å². The molecule has 0 aliphatic heterocycles. The lowest BCUT2D eigenvalue weighted by Crippen LogP contribution is -2.12. The summed E-state index contributed by atoms with van der Waals surface area (Å²) in [4.78, 5) is 2.49. The first kappa shape index (κ1) is 36.8. The van der Waals surface area contributed by atoms with Gasteiger partial charge in [-0.05, 0) is 105 Å². The quantitative estimate of drug-likeness (QED) is 0.141. The van der Waals surface area contributed by atoms with Crippen LogP contribution in [0.5, 0.6) is 0 Å². The van der Waals surface area contributed by atoms with Crippen molar-refractivity contribution < 1.29 is 0 Å². The van der Waals surface area contributed by atoms with Crippen molar-refractivity contribution in [1.82, 2.24) is 4.57 Å². The summed E-state index contributed by atoms with van der Waals surface area (Å²) in [5.41, 5.74) is 18.5. The Morgan fingerprint density at radius 1 is 0.274 bits per heavy atom. The molecule has 0 aliphatic rings. The molecule has 0 fully saturated rings. The maximum atomic E-state index is 2.49. The first-order valence-corrected chi connectivity index (χ1v) is 21.3. The van der Waals surface area contributed by atoms with Crippen molar-refractivity contribution in [2.24, 2.45) is 0 Å². The molecule has 11 rings (SSSR count). The number of nitrogens with zero attached hydrogens (tertiary/aromatic N) is 2. The summed E-state index contributed by atoms with van der Waals surface area (Å²) < 4.78 is 2.40. The van der Waals surface area contributed by atoms with Crippen molar-refractivity contribution in [2.75, 3.05) is 4.90 Å². The summed E-state index contributed by atoms with van der Waals surface area (Å²) in [5.74, 6) is 0. The highest BCUT2D eigenvalue weighted by molar-refractivity contribution is 6.17. The van der Waals surface area contributed by atoms with E-state index in [4.69, 9.17) is 0 Å². The maximum Gasteiger partial charge on any atom is 0.0562 e. The fourth-order valence-corrected chi connectivity index (χ4v) is 9.22. The minimum atomic E-state index is 1.07. The second-order valence-corrected chi connectivity index (χ2v) is 15.7. The third-order valence-electron chi connectivity index (χ3n) is 12.0. The highest BCUT2D eigenvalue weighted by Gasteiger charge is 2.24. The van der Waals surface area contributed by atoms with Crippen LogP contribution in [0.15, 0.2) is 255 Å². The Balaban J connectivity index is 1.20. The number of fused-ring (bicyclic) bond motifs is 3. The number of aromatic nitrogens is 1. The number of benzene rings is 10. The summed E-state index contributed by atoms with van der Waals surface area (Å²) >= 11 is 0. The van der Waals surface area contributed by atoms with Gasteiger partial charge in [0.2, 0.25) is 0 Å². The molecule has 0 saturated heterocycles. The van der Waals surface area contributed by atoms with E-state index in [0.29, 0.717) is 0 Å². The lowest BCUT2D eigenvalue weighted by atomic mass is 9.91. The van der Waals surface area contributed by atoms with Crippen molar-refractivity contribution in [2.45, 2.75) is 0 Å². The number of para-hydroxylation sites is 2. The molecule has 0 amide bonds. The van der Waals surface area contributed by atoms with Gasteiger partial charge in [0, 0.05) is 27.7 Å². The number of hydrogen-bond acceptors (Lipinski definition) is 1. The van der Waals surface area contributed by atoms with Crippen LogP contribution in [-0.2, 0) is 0 Å². The highest BCUT2D eigenvalue weighted by atomic mass is 15.2. The molecule has 2 nitrogen and oxygen atoms in total. The van der Waals surface area contributed by atoms with Crippen LogP contribution in [0.4, 0.5) is 17.1 Å². The smallest absolute Gasteiger partial charge is 0.0562 e. The first-order chi connectivity index (χ1) is 30.8. The molecule has 0 atom stereocenters. The third kappa shape index (κ3) is 6.65. The van der Waals surface area contributed by atoms with E-state index in [1.807, 2.05) is 0 Å². The van der Waals surface area contributed by atoms with Gasteiger partial charge in [0.25, 0.3) is 0 Å². The lowest BCUT2D eigenvalue weighted by Gasteiger charge is -2.30. The second kappa shape index (κ2) is 16.1. The average molecular weight is 791 g/mol. The van der Waals surface area contributed by atoms with Crippen molar-refractivity contribution in [3.8, 4) is 61.3 Å². The van der Waals surface area contributed by atoms with E-state index in [9.17, 15) is 0 Å². The molecule has 0 spiro atoms. The Labute approximate surface area is 362 Å². The fourth-order valence-electron chi connectivity index (χ4n) is 9.22. The van der Waals surface area contributed by atoms with E-state index < -0.39 is 0 Å². The molecule has 1 heterocycles. The molecule has 0 unspecified atom stereocenters. The molecule has 0 aliphatic carbocycles. The van der Waals surface area contributed by atoms with Gasteiger partial charge in [-0.2, -0.15) is 0 Å². The van der Waals surface area contributed by atoms with Gasteiger partial charge in [-0.25, -0.2) is 0 Å². The Bertz CT molecular complexity index is 3330. The molecule has 2 heteroatoms. The van der Waals surface area contributed by atoms with Gasteiger partial charge in [-0.1, -0.05) is 200 Å². The van der Waals surface area contributed by atoms with E-state index in [0.717, 1.165) is 50.5 Å². The fraction of sp³-hybridized carbons (Fsp3) is 0. The zero-order valence-corrected chi connectivity index (χ0v) is 34.1. The SMILES string of the molecule is c1ccc(-c2ccccc2-c2cccc(N(c3ccc(-c4ccccc4-c4ccccc4)cc3-c3ccccc3)c3cccc4c3c3ccccc3n4-c3ccccc3)c2)cc1. The van der Waals surface area contributed by atoms with Crippen molar-refractivity contribution in [3.63, 3.8) is 0 Å². The van der Waals surface area contributed by atoms with Gasteiger partial charge >= 0.3 is 0 Å². The molecule has 11 aromatic rings. The summed E-state index contributed by atoms with van der Waals surface area (Å²) in [7, 11) is 0.